The van der Waals surface area contributed by atoms with Gasteiger partial charge in [0, 0.05) is 21.1 Å². The van der Waals surface area contributed by atoms with Crippen LogP contribution in [0.2, 0.25) is 0 Å². The summed E-state index contributed by atoms with van der Waals surface area (Å²) in [6, 6.07) is 10.6. The lowest BCUT2D eigenvalue weighted by molar-refractivity contribution is -0.152. The van der Waals surface area contributed by atoms with Gasteiger partial charge >= 0.3 is 12.1 Å². The van der Waals surface area contributed by atoms with Crippen LogP contribution < -0.4 is 4.74 Å². The maximum absolute atomic E-state index is 12.8. The average molecular weight is 482 g/mol. The quantitative estimate of drug-likeness (QED) is 0.369. The molecule has 0 atom stereocenters. The summed E-state index contributed by atoms with van der Waals surface area (Å²) in [5.41, 5.74) is 0.380. The number of halogens is 3. The van der Waals surface area contributed by atoms with Gasteiger partial charge in [-0.2, -0.15) is 13.2 Å². The Kier molecular flexibility index (Phi) is 6.90. The molecule has 0 bridgehead atoms. The van der Waals surface area contributed by atoms with Crippen molar-refractivity contribution in [1.82, 2.24) is 4.98 Å². The topological polar surface area (TPSA) is 59.4 Å². The predicted molar refractivity (Wildman–Crippen MR) is 120 cm³/mol. The first kappa shape index (κ1) is 24.1. The van der Waals surface area contributed by atoms with Crippen LogP contribution in [-0.2, 0) is 16.7 Å². The smallest absolute Gasteiger partial charge is 0.416 e. The molecule has 0 aliphatic heterocycles. The lowest BCUT2D eigenvalue weighted by Crippen LogP contribution is -2.37. The molecule has 0 spiro atoms. The third kappa shape index (κ3) is 5.83. The van der Waals surface area contributed by atoms with Gasteiger partial charge < -0.3 is 9.84 Å². The molecule has 3 aromatic rings. The number of carboxylic acid groups (broad SMARTS) is 1. The summed E-state index contributed by atoms with van der Waals surface area (Å²) in [5.74, 6) is 0.0469. The van der Waals surface area contributed by atoms with Gasteiger partial charge in [0.1, 0.15) is 10.8 Å². The van der Waals surface area contributed by atoms with Crippen LogP contribution in [0.25, 0.3) is 10.6 Å². The van der Waals surface area contributed by atoms with Crippen LogP contribution in [0, 0.1) is 13.8 Å². The number of nitrogens with zero attached hydrogens (tertiary/aromatic N) is 1. The molecule has 0 aliphatic rings. The zero-order valence-corrected chi connectivity index (χ0v) is 19.5. The summed E-state index contributed by atoms with van der Waals surface area (Å²) < 4.78 is 44.0. The molecule has 4 nitrogen and oxygen atoms in total. The van der Waals surface area contributed by atoms with Crippen LogP contribution in [0.1, 0.15) is 35.5 Å². The standard InChI is InChI=1S/C23H22F3NO3S2/c1-13-9-17(30-22(3,4)21(28)29)11-18(10-13)31-12-19-14(2)27-20(32-19)15-5-7-16(8-6-15)23(24,25)26/h5-11H,12H2,1-4H3,(H,28,29). The fourth-order valence-electron chi connectivity index (χ4n) is 2.83. The molecule has 1 aromatic heterocycles. The van der Waals surface area contributed by atoms with E-state index >= 15 is 0 Å². The second-order valence-electron chi connectivity index (χ2n) is 7.79. The number of thioether (sulfide) groups is 1. The second-order valence-corrected chi connectivity index (χ2v) is 9.92. The van der Waals surface area contributed by atoms with E-state index in [9.17, 15) is 23.1 Å². The van der Waals surface area contributed by atoms with E-state index < -0.39 is 23.3 Å². The number of rotatable bonds is 7. The Morgan fingerprint density at radius 2 is 1.78 bits per heavy atom. The number of aromatic nitrogens is 1. The lowest BCUT2D eigenvalue weighted by Gasteiger charge is -2.22. The predicted octanol–water partition coefficient (Wildman–Crippen LogP) is 6.98. The summed E-state index contributed by atoms with van der Waals surface area (Å²) in [6.07, 6.45) is -4.37. The van der Waals surface area contributed by atoms with E-state index in [1.54, 1.807) is 23.9 Å². The van der Waals surface area contributed by atoms with Gasteiger partial charge in [0.15, 0.2) is 5.60 Å². The lowest BCUT2D eigenvalue weighted by atomic mass is 10.1. The molecule has 0 aliphatic carbocycles. The van der Waals surface area contributed by atoms with E-state index in [0.717, 1.165) is 33.2 Å². The minimum absolute atomic E-state index is 0.478. The molecule has 2 aromatic carbocycles. The minimum Gasteiger partial charge on any atom is -0.478 e. The van der Waals surface area contributed by atoms with Crippen molar-refractivity contribution in [1.29, 1.82) is 0 Å². The zero-order chi connectivity index (χ0) is 23.7. The largest absolute Gasteiger partial charge is 0.478 e. The maximum Gasteiger partial charge on any atom is 0.416 e. The van der Waals surface area contributed by atoms with Crippen molar-refractivity contribution in [2.75, 3.05) is 0 Å². The molecule has 32 heavy (non-hydrogen) atoms. The Labute approximate surface area is 192 Å². The third-order valence-electron chi connectivity index (χ3n) is 4.63. The number of thiazole rings is 1. The summed E-state index contributed by atoms with van der Waals surface area (Å²) in [4.78, 5) is 17.8. The van der Waals surface area contributed by atoms with E-state index in [2.05, 4.69) is 4.98 Å². The number of ether oxygens (including phenoxy) is 1. The molecule has 0 unspecified atom stereocenters. The molecule has 0 amide bonds. The van der Waals surface area contributed by atoms with Crippen molar-refractivity contribution in [2.45, 2.75) is 50.1 Å². The Balaban J connectivity index is 1.74. The summed E-state index contributed by atoms with van der Waals surface area (Å²) in [5, 5.41) is 9.95. The van der Waals surface area contributed by atoms with Crippen LogP contribution in [-0.4, -0.2) is 21.7 Å². The van der Waals surface area contributed by atoms with E-state index in [4.69, 9.17) is 4.74 Å². The van der Waals surface area contributed by atoms with Crippen LogP contribution in [0.3, 0.4) is 0 Å². The number of aryl methyl sites for hydroxylation is 2. The van der Waals surface area contributed by atoms with Crippen LogP contribution >= 0.6 is 23.1 Å². The van der Waals surface area contributed by atoms with Gasteiger partial charge in [-0.1, -0.05) is 12.1 Å². The van der Waals surface area contributed by atoms with Gasteiger partial charge in [-0.15, -0.1) is 23.1 Å². The van der Waals surface area contributed by atoms with Gasteiger partial charge in [-0.05, 0) is 63.6 Å². The fraction of sp³-hybridized carbons (Fsp3) is 0.304. The van der Waals surface area contributed by atoms with Gasteiger partial charge in [0.25, 0.3) is 0 Å². The molecule has 1 N–H and O–H groups in total. The van der Waals surface area contributed by atoms with E-state index in [1.807, 2.05) is 19.9 Å². The molecule has 0 fully saturated rings. The highest BCUT2D eigenvalue weighted by atomic mass is 32.2. The Bertz CT molecular complexity index is 1120. The SMILES string of the molecule is Cc1cc(OC(C)(C)C(=O)O)cc(SCc2sc(-c3ccc(C(F)(F)F)cc3)nc2C)c1. The molecular weight excluding hydrogens is 459 g/mol. The Morgan fingerprint density at radius 3 is 2.38 bits per heavy atom. The molecule has 0 radical (unpaired) electrons. The Hall–Kier alpha value is -2.52. The summed E-state index contributed by atoms with van der Waals surface area (Å²) in [7, 11) is 0. The number of hydrogen-bond donors (Lipinski definition) is 1. The monoisotopic (exact) mass is 481 g/mol. The highest BCUT2D eigenvalue weighted by Gasteiger charge is 2.30. The van der Waals surface area contributed by atoms with Gasteiger partial charge in [-0.25, -0.2) is 9.78 Å². The van der Waals surface area contributed by atoms with Crippen LogP contribution in [0.4, 0.5) is 13.2 Å². The second kappa shape index (κ2) is 9.15. The van der Waals surface area contributed by atoms with Gasteiger partial charge in [0.2, 0.25) is 0 Å². The summed E-state index contributed by atoms with van der Waals surface area (Å²) >= 11 is 3.00. The van der Waals surface area contributed by atoms with Crippen molar-refractivity contribution >= 4 is 29.1 Å². The summed E-state index contributed by atoms with van der Waals surface area (Å²) in [6.45, 7) is 6.77. The number of benzene rings is 2. The highest BCUT2D eigenvalue weighted by molar-refractivity contribution is 7.98. The maximum atomic E-state index is 12.8. The molecule has 1 heterocycles. The minimum atomic E-state index is -4.37. The molecule has 0 saturated carbocycles. The van der Waals surface area contributed by atoms with Crippen molar-refractivity contribution in [3.05, 3.63) is 64.2 Å². The molecule has 9 heteroatoms. The highest BCUT2D eigenvalue weighted by Crippen LogP contribution is 2.36. The third-order valence-corrected chi connectivity index (χ3v) is 7.03. The zero-order valence-electron chi connectivity index (χ0n) is 17.9. The molecule has 0 saturated heterocycles. The number of carbonyl (C=O) groups is 1. The number of carboxylic acids is 1. The van der Waals surface area contributed by atoms with E-state index in [0.29, 0.717) is 22.1 Å². The first-order chi connectivity index (χ1) is 14.8. The van der Waals surface area contributed by atoms with Gasteiger partial charge in [0.05, 0.1) is 11.3 Å². The van der Waals surface area contributed by atoms with E-state index in [1.165, 1.54) is 37.3 Å². The molecule has 3 rings (SSSR count). The van der Waals surface area contributed by atoms with Gasteiger partial charge in [-0.3, -0.25) is 0 Å². The van der Waals surface area contributed by atoms with Crippen molar-refractivity contribution in [3.63, 3.8) is 0 Å². The first-order valence-electron chi connectivity index (χ1n) is 9.66. The van der Waals surface area contributed by atoms with Crippen LogP contribution in [0.15, 0.2) is 47.4 Å². The first-order valence-corrected chi connectivity index (χ1v) is 11.5. The van der Waals surface area contributed by atoms with Crippen molar-refractivity contribution in [2.24, 2.45) is 0 Å². The normalized spacial score (nSPS) is 12.1. The molecular formula is C23H22F3NO3S2. The number of hydrogen-bond acceptors (Lipinski definition) is 5. The Morgan fingerprint density at radius 1 is 1.12 bits per heavy atom. The number of aliphatic carboxylic acids is 1. The molecule has 170 valence electrons. The van der Waals surface area contributed by atoms with E-state index in [-0.39, 0.29) is 0 Å². The van der Waals surface area contributed by atoms with Crippen molar-refractivity contribution < 1.29 is 27.8 Å². The average Bonchev–Trinajstić information content (AvgIpc) is 3.05. The van der Waals surface area contributed by atoms with Crippen molar-refractivity contribution in [3.8, 4) is 16.3 Å². The number of alkyl halides is 3. The fourth-order valence-corrected chi connectivity index (χ4v) is 5.08. The van der Waals surface area contributed by atoms with Crippen LogP contribution in [0.5, 0.6) is 5.75 Å².